The number of ether oxygens (including phenoxy) is 2. The van der Waals surface area contributed by atoms with Gasteiger partial charge in [0.25, 0.3) is 0 Å². The van der Waals surface area contributed by atoms with Gasteiger partial charge in [-0.05, 0) is 38.0 Å². The van der Waals surface area contributed by atoms with Crippen LogP contribution in [0.2, 0.25) is 5.02 Å². The van der Waals surface area contributed by atoms with Crippen LogP contribution in [0.15, 0.2) is 17.0 Å². The van der Waals surface area contributed by atoms with E-state index in [-0.39, 0.29) is 37.7 Å². The Kier molecular flexibility index (Phi) is 7.14. The van der Waals surface area contributed by atoms with Gasteiger partial charge in [0.1, 0.15) is 10.6 Å². The third kappa shape index (κ3) is 4.61. The highest BCUT2D eigenvalue weighted by Gasteiger charge is 2.33. The number of aryl methyl sites for hydroxylation is 1. The summed E-state index contributed by atoms with van der Waals surface area (Å²) >= 11 is 6.16. The van der Waals surface area contributed by atoms with E-state index in [1.165, 1.54) is 15.3 Å². The van der Waals surface area contributed by atoms with Crippen molar-refractivity contribution in [3.8, 4) is 5.75 Å². The summed E-state index contributed by atoms with van der Waals surface area (Å²) in [6.07, 6.45) is 0.342. The van der Waals surface area contributed by atoms with Crippen LogP contribution in [0.5, 0.6) is 5.75 Å². The Morgan fingerprint density at radius 1 is 1.19 bits per heavy atom. The zero-order valence-electron chi connectivity index (χ0n) is 15.3. The first-order valence-electron chi connectivity index (χ1n) is 8.66. The number of carbonyl (C=O) groups excluding carboxylic acids is 1. The summed E-state index contributed by atoms with van der Waals surface area (Å²) in [4.78, 5) is 13.3. The lowest BCUT2D eigenvalue weighted by atomic mass is 10.2. The second kappa shape index (κ2) is 8.92. The number of hydrogen-bond donors (Lipinski definition) is 0. The Hall–Kier alpha value is -1.51. The van der Waals surface area contributed by atoms with Crippen LogP contribution in [-0.2, 0) is 14.8 Å². The van der Waals surface area contributed by atoms with Crippen LogP contribution in [0.3, 0.4) is 0 Å². The second-order valence-electron chi connectivity index (χ2n) is 5.99. The molecule has 0 radical (unpaired) electrons. The first-order valence-corrected chi connectivity index (χ1v) is 10.5. The molecule has 2 rings (SSSR count). The van der Waals surface area contributed by atoms with E-state index in [0.29, 0.717) is 17.4 Å². The first-order chi connectivity index (χ1) is 12.3. The van der Waals surface area contributed by atoms with E-state index in [2.05, 4.69) is 0 Å². The van der Waals surface area contributed by atoms with Gasteiger partial charge in [-0.3, -0.25) is 0 Å². The van der Waals surface area contributed by atoms with Crippen molar-refractivity contribution >= 4 is 27.7 Å². The molecule has 1 aliphatic rings. The molecule has 1 fully saturated rings. The number of hydrogen-bond acceptors (Lipinski definition) is 5. The van der Waals surface area contributed by atoms with Crippen molar-refractivity contribution in [1.29, 1.82) is 0 Å². The van der Waals surface area contributed by atoms with Crippen LogP contribution in [0, 0.1) is 6.92 Å². The summed E-state index contributed by atoms with van der Waals surface area (Å²) < 4.78 is 38.1. The maximum atomic E-state index is 13.1. The van der Waals surface area contributed by atoms with Crippen molar-refractivity contribution in [2.75, 3.05) is 39.4 Å². The zero-order valence-corrected chi connectivity index (χ0v) is 16.9. The maximum absolute atomic E-state index is 13.1. The molecule has 146 valence electrons. The molecule has 1 aromatic rings. The fraction of sp³-hybridized carbons (Fsp3) is 0.588. The Morgan fingerprint density at radius 3 is 2.42 bits per heavy atom. The van der Waals surface area contributed by atoms with E-state index in [0.717, 1.165) is 12.0 Å². The molecule has 0 bridgehead atoms. The van der Waals surface area contributed by atoms with Crippen molar-refractivity contribution in [2.24, 2.45) is 0 Å². The molecule has 1 amide bonds. The summed E-state index contributed by atoms with van der Waals surface area (Å²) in [5.74, 6) is 0.307. The number of halogens is 1. The van der Waals surface area contributed by atoms with Gasteiger partial charge in [-0.15, -0.1) is 0 Å². The van der Waals surface area contributed by atoms with Crippen molar-refractivity contribution < 1.29 is 22.7 Å². The normalized spacial score (nSPS) is 15.8. The minimum Gasteiger partial charge on any atom is -0.492 e. The second-order valence-corrected chi connectivity index (χ2v) is 8.30. The topological polar surface area (TPSA) is 76.2 Å². The third-order valence-corrected chi connectivity index (χ3v) is 6.40. The molecule has 0 unspecified atom stereocenters. The summed E-state index contributed by atoms with van der Waals surface area (Å²) in [5, 5.41) is 0.373. The van der Waals surface area contributed by atoms with Crippen molar-refractivity contribution in [3.63, 3.8) is 0 Å². The average Bonchev–Trinajstić information content (AvgIpc) is 2.62. The van der Waals surface area contributed by atoms with Crippen LogP contribution >= 0.6 is 11.6 Å². The lowest BCUT2D eigenvalue weighted by Gasteiger charge is -2.33. The predicted molar refractivity (Wildman–Crippen MR) is 99.3 cm³/mol. The Labute approximate surface area is 159 Å². The molecule has 0 aliphatic carbocycles. The minimum atomic E-state index is -3.78. The number of amides is 1. The van der Waals surface area contributed by atoms with Crippen LogP contribution in [-0.4, -0.2) is 63.1 Å². The van der Waals surface area contributed by atoms with Crippen molar-refractivity contribution in [3.05, 3.63) is 22.7 Å². The molecule has 26 heavy (non-hydrogen) atoms. The highest BCUT2D eigenvalue weighted by molar-refractivity contribution is 7.89. The third-order valence-electron chi connectivity index (χ3n) is 4.07. The largest absolute Gasteiger partial charge is 0.492 e. The number of rotatable bonds is 6. The van der Waals surface area contributed by atoms with E-state index >= 15 is 0 Å². The Balaban J connectivity index is 2.22. The molecule has 1 saturated heterocycles. The van der Waals surface area contributed by atoms with Gasteiger partial charge >= 0.3 is 6.09 Å². The number of nitrogens with zero attached hydrogens (tertiary/aromatic N) is 2. The molecular formula is C17H25ClN2O5S. The highest BCUT2D eigenvalue weighted by Crippen LogP contribution is 2.33. The molecule has 0 atom stereocenters. The van der Waals surface area contributed by atoms with E-state index in [9.17, 15) is 13.2 Å². The van der Waals surface area contributed by atoms with Crippen LogP contribution in [0.4, 0.5) is 4.79 Å². The van der Waals surface area contributed by atoms with E-state index < -0.39 is 16.1 Å². The summed E-state index contributed by atoms with van der Waals surface area (Å²) in [7, 11) is -3.78. The summed E-state index contributed by atoms with van der Waals surface area (Å²) in [5.41, 5.74) is 0.754. The van der Waals surface area contributed by atoms with Gasteiger partial charge < -0.3 is 14.4 Å². The van der Waals surface area contributed by atoms with E-state index in [4.69, 9.17) is 21.1 Å². The van der Waals surface area contributed by atoms with Gasteiger partial charge in [0.15, 0.2) is 0 Å². The van der Waals surface area contributed by atoms with Crippen LogP contribution in [0.25, 0.3) is 0 Å². The van der Waals surface area contributed by atoms with Crippen molar-refractivity contribution in [1.82, 2.24) is 9.21 Å². The molecule has 9 heteroatoms. The van der Waals surface area contributed by atoms with Crippen molar-refractivity contribution in [2.45, 2.75) is 32.1 Å². The minimum absolute atomic E-state index is 0.0612. The SMILES string of the molecule is CCCOc1cc(C)c(Cl)cc1S(=O)(=O)N1CCN(C(=O)OCC)CC1. The molecule has 1 aliphatic heterocycles. The Bertz CT molecular complexity index is 746. The van der Waals surface area contributed by atoms with Gasteiger partial charge in [0, 0.05) is 31.2 Å². The quantitative estimate of drug-likeness (QED) is 0.728. The molecule has 0 aromatic heterocycles. The number of sulfonamides is 1. The van der Waals surface area contributed by atoms with Crippen LogP contribution in [0.1, 0.15) is 25.8 Å². The molecule has 0 saturated carbocycles. The summed E-state index contributed by atoms with van der Waals surface area (Å²) in [6.45, 7) is 7.14. The average molecular weight is 405 g/mol. The lowest BCUT2D eigenvalue weighted by molar-refractivity contribution is 0.0933. The monoisotopic (exact) mass is 404 g/mol. The zero-order chi connectivity index (χ0) is 19.3. The number of carbonyl (C=O) groups is 1. The fourth-order valence-electron chi connectivity index (χ4n) is 2.63. The fourth-order valence-corrected chi connectivity index (χ4v) is 4.42. The maximum Gasteiger partial charge on any atom is 0.409 e. The molecule has 1 heterocycles. The lowest BCUT2D eigenvalue weighted by Crippen LogP contribution is -2.50. The number of benzene rings is 1. The van der Waals surface area contributed by atoms with Gasteiger partial charge in [0.05, 0.1) is 13.2 Å². The van der Waals surface area contributed by atoms with E-state index in [1.807, 2.05) is 6.92 Å². The smallest absolute Gasteiger partial charge is 0.409 e. The summed E-state index contributed by atoms with van der Waals surface area (Å²) in [6, 6.07) is 3.09. The van der Waals surface area contributed by atoms with Gasteiger partial charge in [-0.2, -0.15) is 4.31 Å². The molecule has 1 aromatic carbocycles. The molecule has 0 N–H and O–H groups in total. The standard InChI is InChI=1S/C17H25ClN2O5S/c1-4-10-25-15-11-13(3)14(18)12-16(15)26(22,23)20-8-6-19(7-9-20)17(21)24-5-2/h11-12H,4-10H2,1-3H3. The molecule has 7 nitrogen and oxygen atoms in total. The first kappa shape index (κ1) is 20.8. The van der Waals surface area contributed by atoms with Gasteiger partial charge in [0.2, 0.25) is 10.0 Å². The van der Waals surface area contributed by atoms with E-state index in [1.54, 1.807) is 19.9 Å². The number of piperazine rings is 1. The van der Waals surface area contributed by atoms with Gasteiger partial charge in [-0.1, -0.05) is 18.5 Å². The van der Waals surface area contributed by atoms with Gasteiger partial charge in [-0.25, -0.2) is 13.2 Å². The molecular weight excluding hydrogens is 380 g/mol. The van der Waals surface area contributed by atoms with Crippen LogP contribution < -0.4 is 4.74 Å². The highest BCUT2D eigenvalue weighted by atomic mass is 35.5. The molecule has 0 spiro atoms. The Morgan fingerprint density at radius 2 is 1.85 bits per heavy atom. The predicted octanol–water partition coefficient (Wildman–Crippen LogP) is 2.90.